The number of piperazine rings is 1. The molecule has 8 heteroatoms. The molecule has 1 fully saturated rings. The lowest BCUT2D eigenvalue weighted by Crippen LogP contribution is -2.45. The van der Waals surface area contributed by atoms with Crippen molar-refractivity contribution in [2.75, 3.05) is 50.0 Å². The summed E-state index contributed by atoms with van der Waals surface area (Å²) in [6.45, 7) is 6.01. The van der Waals surface area contributed by atoms with E-state index in [1.807, 2.05) is 18.9 Å². The normalized spacial score (nSPS) is 16.2. The van der Waals surface area contributed by atoms with E-state index in [9.17, 15) is 10.1 Å². The average Bonchev–Trinajstić information content (AvgIpc) is 2.45. The van der Waals surface area contributed by atoms with Gasteiger partial charge in [-0.25, -0.2) is 4.98 Å². The quantitative estimate of drug-likeness (QED) is 0.634. The van der Waals surface area contributed by atoms with Gasteiger partial charge in [0.15, 0.2) is 0 Å². The molecule has 0 radical (unpaired) electrons. The minimum atomic E-state index is -0.419. The second-order valence-electron chi connectivity index (χ2n) is 4.88. The summed E-state index contributed by atoms with van der Waals surface area (Å²) in [4.78, 5) is 23.2. The molecule has 110 valence electrons. The van der Waals surface area contributed by atoms with E-state index in [2.05, 4.69) is 20.2 Å². The van der Waals surface area contributed by atoms with Crippen LogP contribution in [0.5, 0.6) is 0 Å². The Morgan fingerprint density at radius 3 is 2.70 bits per heavy atom. The van der Waals surface area contributed by atoms with Gasteiger partial charge in [0, 0.05) is 32.7 Å². The van der Waals surface area contributed by atoms with Crippen LogP contribution < -0.4 is 10.2 Å². The van der Waals surface area contributed by atoms with Crippen LogP contribution in [0.2, 0.25) is 0 Å². The number of nitrogens with one attached hydrogen (secondary N) is 1. The first-order chi connectivity index (χ1) is 9.61. The lowest BCUT2D eigenvalue weighted by atomic mass is 10.3. The number of likely N-dealkylation sites (N-methyl/N-ethyl adjacent to an activating group) is 1. The molecular formula is C12H20N6O2. The predicted molar refractivity (Wildman–Crippen MR) is 77.2 cm³/mol. The maximum atomic E-state index is 11.1. The molecule has 1 saturated heterocycles. The van der Waals surface area contributed by atoms with Crippen molar-refractivity contribution >= 4 is 17.5 Å². The highest BCUT2D eigenvalue weighted by molar-refractivity contribution is 5.59. The van der Waals surface area contributed by atoms with E-state index in [1.165, 1.54) is 6.20 Å². The number of nitrogens with zero attached hydrogens (tertiary/aromatic N) is 5. The Kier molecular flexibility index (Phi) is 4.67. The van der Waals surface area contributed by atoms with Gasteiger partial charge < -0.3 is 15.1 Å². The van der Waals surface area contributed by atoms with E-state index < -0.39 is 4.92 Å². The van der Waals surface area contributed by atoms with E-state index in [4.69, 9.17) is 0 Å². The summed E-state index contributed by atoms with van der Waals surface area (Å²) >= 11 is 0. The standard InChI is InChI=1S/C12H20N6O2/c1-3-4-13-12-14-9-10(18(19)20)11(15-12)17-7-5-16(2)6-8-17/h9H,3-8H2,1-2H3,(H,13,14,15). The van der Waals surface area contributed by atoms with Gasteiger partial charge in [0.25, 0.3) is 0 Å². The molecule has 0 aliphatic carbocycles. The molecule has 0 saturated carbocycles. The molecular weight excluding hydrogens is 260 g/mol. The molecule has 2 rings (SSSR count). The fraction of sp³-hybridized carbons (Fsp3) is 0.667. The zero-order chi connectivity index (χ0) is 14.5. The topological polar surface area (TPSA) is 87.4 Å². The molecule has 0 bridgehead atoms. The molecule has 1 aliphatic rings. The maximum Gasteiger partial charge on any atom is 0.329 e. The smallest absolute Gasteiger partial charge is 0.329 e. The molecule has 8 nitrogen and oxygen atoms in total. The van der Waals surface area contributed by atoms with Crippen LogP contribution in [0.1, 0.15) is 13.3 Å². The molecule has 20 heavy (non-hydrogen) atoms. The van der Waals surface area contributed by atoms with Crippen molar-refractivity contribution in [2.45, 2.75) is 13.3 Å². The monoisotopic (exact) mass is 280 g/mol. The summed E-state index contributed by atoms with van der Waals surface area (Å²) in [5.41, 5.74) is -0.0309. The molecule has 1 N–H and O–H groups in total. The number of aromatic nitrogens is 2. The van der Waals surface area contributed by atoms with Crippen molar-refractivity contribution in [3.63, 3.8) is 0 Å². The highest BCUT2D eigenvalue weighted by Crippen LogP contribution is 2.26. The second-order valence-corrected chi connectivity index (χ2v) is 4.88. The predicted octanol–water partition coefficient (Wildman–Crippen LogP) is 0.958. The number of nitro groups is 1. The average molecular weight is 280 g/mol. The van der Waals surface area contributed by atoms with Gasteiger partial charge in [-0.05, 0) is 13.5 Å². The van der Waals surface area contributed by atoms with Gasteiger partial charge in [-0.1, -0.05) is 6.92 Å². The fourth-order valence-electron chi connectivity index (χ4n) is 2.07. The third-order valence-electron chi connectivity index (χ3n) is 3.28. The lowest BCUT2D eigenvalue weighted by molar-refractivity contribution is -0.384. The van der Waals surface area contributed by atoms with Crippen molar-refractivity contribution in [1.29, 1.82) is 0 Å². The Hall–Kier alpha value is -1.96. The number of hydrogen-bond acceptors (Lipinski definition) is 7. The zero-order valence-corrected chi connectivity index (χ0v) is 11.9. The van der Waals surface area contributed by atoms with Crippen LogP contribution in [0.15, 0.2) is 6.20 Å². The molecule has 1 aromatic heterocycles. The van der Waals surface area contributed by atoms with Crippen LogP contribution in [0, 0.1) is 10.1 Å². The van der Waals surface area contributed by atoms with Gasteiger partial charge in [0.2, 0.25) is 11.8 Å². The Morgan fingerprint density at radius 1 is 1.40 bits per heavy atom. The maximum absolute atomic E-state index is 11.1. The Bertz CT molecular complexity index is 473. The fourth-order valence-corrected chi connectivity index (χ4v) is 2.07. The van der Waals surface area contributed by atoms with Gasteiger partial charge in [0.1, 0.15) is 6.20 Å². The number of rotatable bonds is 5. The van der Waals surface area contributed by atoms with Crippen molar-refractivity contribution in [3.8, 4) is 0 Å². The Balaban J connectivity index is 2.24. The Morgan fingerprint density at radius 2 is 2.10 bits per heavy atom. The van der Waals surface area contributed by atoms with E-state index >= 15 is 0 Å². The van der Waals surface area contributed by atoms with Crippen LogP contribution in [0.25, 0.3) is 0 Å². The SMILES string of the molecule is CCCNc1ncc([N+](=O)[O-])c(N2CCN(C)CC2)n1. The summed E-state index contributed by atoms with van der Waals surface area (Å²) in [7, 11) is 2.04. The third-order valence-corrected chi connectivity index (χ3v) is 3.28. The number of hydrogen-bond donors (Lipinski definition) is 1. The minimum absolute atomic E-state index is 0.0309. The van der Waals surface area contributed by atoms with Crippen molar-refractivity contribution in [3.05, 3.63) is 16.3 Å². The zero-order valence-electron chi connectivity index (χ0n) is 11.9. The van der Waals surface area contributed by atoms with Crippen LogP contribution in [-0.4, -0.2) is 59.6 Å². The second kappa shape index (κ2) is 6.47. The molecule has 0 unspecified atom stereocenters. The highest BCUT2D eigenvalue weighted by Gasteiger charge is 2.25. The summed E-state index contributed by atoms with van der Waals surface area (Å²) in [5, 5.41) is 14.2. The molecule has 1 aliphatic heterocycles. The van der Waals surface area contributed by atoms with E-state index in [1.54, 1.807) is 0 Å². The lowest BCUT2D eigenvalue weighted by Gasteiger charge is -2.32. The molecule has 0 aromatic carbocycles. The van der Waals surface area contributed by atoms with E-state index in [0.29, 0.717) is 11.8 Å². The van der Waals surface area contributed by atoms with Crippen molar-refractivity contribution < 1.29 is 4.92 Å². The molecule has 0 spiro atoms. The first-order valence-corrected chi connectivity index (χ1v) is 6.80. The van der Waals surface area contributed by atoms with Crippen LogP contribution in [-0.2, 0) is 0 Å². The van der Waals surface area contributed by atoms with E-state index in [0.717, 1.165) is 39.1 Å². The number of anilines is 2. The van der Waals surface area contributed by atoms with Crippen molar-refractivity contribution in [2.24, 2.45) is 0 Å². The van der Waals surface area contributed by atoms with Crippen molar-refractivity contribution in [1.82, 2.24) is 14.9 Å². The largest absolute Gasteiger partial charge is 0.354 e. The first kappa shape index (κ1) is 14.4. The van der Waals surface area contributed by atoms with Crippen LogP contribution in [0.3, 0.4) is 0 Å². The molecule has 2 heterocycles. The van der Waals surface area contributed by atoms with Crippen LogP contribution >= 0.6 is 0 Å². The van der Waals surface area contributed by atoms with Crippen LogP contribution in [0.4, 0.5) is 17.5 Å². The summed E-state index contributed by atoms with van der Waals surface area (Å²) in [6.07, 6.45) is 2.24. The van der Waals surface area contributed by atoms with Gasteiger partial charge in [-0.2, -0.15) is 4.98 Å². The van der Waals surface area contributed by atoms with Gasteiger partial charge >= 0.3 is 5.69 Å². The molecule has 1 aromatic rings. The third kappa shape index (κ3) is 3.32. The Labute approximate surface area is 118 Å². The van der Waals surface area contributed by atoms with Gasteiger partial charge in [-0.3, -0.25) is 10.1 Å². The summed E-state index contributed by atoms with van der Waals surface area (Å²) in [6, 6.07) is 0. The van der Waals surface area contributed by atoms with Gasteiger partial charge in [-0.15, -0.1) is 0 Å². The first-order valence-electron chi connectivity index (χ1n) is 6.80. The highest BCUT2D eigenvalue weighted by atomic mass is 16.6. The summed E-state index contributed by atoms with van der Waals surface area (Å²) in [5.74, 6) is 0.864. The summed E-state index contributed by atoms with van der Waals surface area (Å²) < 4.78 is 0. The van der Waals surface area contributed by atoms with E-state index in [-0.39, 0.29) is 5.69 Å². The van der Waals surface area contributed by atoms with Gasteiger partial charge in [0.05, 0.1) is 4.92 Å². The molecule has 0 atom stereocenters. The minimum Gasteiger partial charge on any atom is -0.354 e. The molecule has 0 amide bonds.